The third kappa shape index (κ3) is 4.29. The second-order valence-corrected chi connectivity index (χ2v) is 7.02. The molecule has 21 heavy (non-hydrogen) atoms. The number of halogens is 1. The van der Waals surface area contributed by atoms with Gasteiger partial charge in [0.1, 0.15) is 5.82 Å². The van der Waals surface area contributed by atoms with Crippen LogP contribution in [0.5, 0.6) is 0 Å². The first-order chi connectivity index (χ1) is 9.99. The van der Waals surface area contributed by atoms with Crippen LogP contribution in [0.4, 0.5) is 10.1 Å². The zero-order chi connectivity index (χ0) is 15.3. The lowest BCUT2D eigenvalue weighted by Crippen LogP contribution is -2.10. The molecule has 0 heterocycles. The minimum atomic E-state index is -3.53. The molecule has 2 aromatic rings. The predicted octanol–water partition coefficient (Wildman–Crippen LogP) is 3.20. The van der Waals surface area contributed by atoms with Gasteiger partial charge >= 0.3 is 0 Å². The number of anilines is 1. The second-order valence-electron chi connectivity index (χ2n) is 4.94. The first kappa shape index (κ1) is 15.5. The molecule has 3 nitrogen and oxygen atoms in total. The van der Waals surface area contributed by atoms with Crippen molar-refractivity contribution in [3.63, 3.8) is 0 Å². The Bertz CT molecular complexity index is 699. The zero-order valence-corrected chi connectivity index (χ0v) is 12.4. The third-order valence-corrected chi connectivity index (χ3v) is 5.13. The molecule has 112 valence electrons. The van der Waals surface area contributed by atoms with Crippen molar-refractivity contribution in [3.05, 3.63) is 59.9 Å². The van der Waals surface area contributed by atoms with Gasteiger partial charge in [0, 0.05) is 0 Å². The highest BCUT2D eigenvalue weighted by Gasteiger charge is 2.18. The van der Waals surface area contributed by atoms with Crippen LogP contribution < -0.4 is 5.73 Å². The van der Waals surface area contributed by atoms with E-state index in [9.17, 15) is 12.8 Å². The maximum Gasteiger partial charge on any atom is 0.180 e. The van der Waals surface area contributed by atoms with Gasteiger partial charge in [-0.25, -0.2) is 12.8 Å². The number of nitrogens with two attached hydrogens (primary N) is 1. The summed E-state index contributed by atoms with van der Waals surface area (Å²) in [6.07, 6.45) is 2.11. The van der Waals surface area contributed by atoms with Gasteiger partial charge in [0.2, 0.25) is 0 Å². The molecule has 0 aliphatic heterocycles. The summed E-state index contributed by atoms with van der Waals surface area (Å²) in [5, 5.41) is 0. The standard InChI is InChI=1S/C16H18FNO2S/c17-14-9-10-15(18)16(12-14)21(19,20)11-5-4-8-13-6-2-1-3-7-13/h1-3,6-7,9-10,12H,4-5,8,11,18H2. The summed E-state index contributed by atoms with van der Waals surface area (Å²) in [6.45, 7) is 0. The molecule has 0 saturated carbocycles. The van der Waals surface area contributed by atoms with E-state index in [2.05, 4.69) is 0 Å². The molecule has 0 amide bonds. The molecule has 5 heteroatoms. The third-order valence-electron chi connectivity index (χ3n) is 3.28. The van der Waals surface area contributed by atoms with Gasteiger partial charge in [0.05, 0.1) is 16.3 Å². The lowest BCUT2D eigenvalue weighted by atomic mass is 10.1. The Kier molecular flexibility index (Phi) is 4.96. The van der Waals surface area contributed by atoms with Crippen molar-refractivity contribution in [1.82, 2.24) is 0 Å². The molecule has 0 saturated heterocycles. The molecule has 2 rings (SSSR count). The fourth-order valence-corrected chi connectivity index (χ4v) is 3.68. The monoisotopic (exact) mass is 307 g/mol. The van der Waals surface area contributed by atoms with E-state index in [4.69, 9.17) is 5.73 Å². The van der Waals surface area contributed by atoms with Crippen LogP contribution in [-0.2, 0) is 16.3 Å². The molecule has 2 aromatic carbocycles. The SMILES string of the molecule is Nc1ccc(F)cc1S(=O)(=O)CCCCc1ccccc1. The van der Waals surface area contributed by atoms with E-state index in [1.54, 1.807) is 0 Å². The molecule has 0 bridgehead atoms. The Morgan fingerprint density at radius 3 is 2.43 bits per heavy atom. The van der Waals surface area contributed by atoms with E-state index >= 15 is 0 Å². The molecule has 0 aliphatic carbocycles. The lowest BCUT2D eigenvalue weighted by Gasteiger charge is -2.07. The quantitative estimate of drug-likeness (QED) is 0.658. The van der Waals surface area contributed by atoms with E-state index in [0.29, 0.717) is 6.42 Å². The summed E-state index contributed by atoms with van der Waals surface area (Å²) in [5.41, 5.74) is 6.90. The van der Waals surface area contributed by atoms with Gasteiger partial charge in [-0.3, -0.25) is 0 Å². The number of hydrogen-bond acceptors (Lipinski definition) is 3. The van der Waals surface area contributed by atoms with Crippen LogP contribution in [0.15, 0.2) is 53.4 Å². The Morgan fingerprint density at radius 1 is 1.00 bits per heavy atom. The number of aryl methyl sites for hydroxylation is 1. The lowest BCUT2D eigenvalue weighted by molar-refractivity contribution is 0.587. The molecule has 0 fully saturated rings. The van der Waals surface area contributed by atoms with Crippen molar-refractivity contribution >= 4 is 15.5 Å². The smallest absolute Gasteiger partial charge is 0.180 e. The topological polar surface area (TPSA) is 60.2 Å². The van der Waals surface area contributed by atoms with Gasteiger partial charge in [-0.1, -0.05) is 30.3 Å². The predicted molar refractivity (Wildman–Crippen MR) is 82.2 cm³/mol. The highest BCUT2D eigenvalue weighted by Crippen LogP contribution is 2.21. The average molecular weight is 307 g/mol. The summed E-state index contributed by atoms with van der Waals surface area (Å²) < 4.78 is 37.5. The molecule has 0 aliphatic rings. The molecule has 0 radical (unpaired) electrons. The van der Waals surface area contributed by atoms with Crippen molar-refractivity contribution in [1.29, 1.82) is 0 Å². The van der Waals surface area contributed by atoms with Crippen molar-refractivity contribution in [3.8, 4) is 0 Å². The summed E-state index contributed by atoms with van der Waals surface area (Å²) in [4.78, 5) is -0.109. The average Bonchev–Trinajstić information content (AvgIpc) is 2.47. The summed E-state index contributed by atoms with van der Waals surface area (Å²) in [6, 6.07) is 13.3. The van der Waals surface area contributed by atoms with Crippen LogP contribution in [0, 0.1) is 5.82 Å². The van der Waals surface area contributed by atoms with Gasteiger partial charge in [-0.2, -0.15) is 0 Å². The summed E-state index contributed by atoms with van der Waals surface area (Å²) in [5.74, 6) is -0.611. The molecule has 0 spiro atoms. The van der Waals surface area contributed by atoms with E-state index in [0.717, 1.165) is 25.0 Å². The fourth-order valence-electron chi connectivity index (χ4n) is 2.15. The van der Waals surface area contributed by atoms with E-state index in [1.807, 2.05) is 30.3 Å². The Hall–Kier alpha value is -1.88. The van der Waals surface area contributed by atoms with Crippen molar-refractivity contribution in [2.75, 3.05) is 11.5 Å². The number of nitrogen functional groups attached to an aromatic ring is 1. The number of rotatable bonds is 6. The molecule has 0 aromatic heterocycles. The number of benzene rings is 2. The van der Waals surface area contributed by atoms with E-state index in [-0.39, 0.29) is 16.3 Å². The van der Waals surface area contributed by atoms with Gasteiger partial charge in [0.15, 0.2) is 9.84 Å². The van der Waals surface area contributed by atoms with Crippen LogP contribution in [-0.4, -0.2) is 14.2 Å². The Labute approximate surface area is 124 Å². The van der Waals surface area contributed by atoms with Crippen LogP contribution in [0.1, 0.15) is 18.4 Å². The minimum Gasteiger partial charge on any atom is -0.398 e. The molecular formula is C16H18FNO2S. The maximum absolute atomic E-state index is 13.2. The second kappa shape index (κ2) is 6.72. The maximum atomic E-state index is 13.2. The molecular weight excluding hydrogens is 289 g/mol. The first-order valence-corrected chi connectivity index (χ1v) is 8.46. The van der Waals surface area contributed by atoms with Gasteiger partial charge < -0.3 is 5.73 Å². The number of hydrogen-bond donors (Lipinski definition) is 1. The van der Waals surface area contributed by atoms with Crippen molar-refractivity contribution < 1.29 is 12.8 Å². The van der Waals surface area contributed by atoms with E-state index < -0.39 is 15.7 Å². The Morgan fingerprint density at radius 2 is 1.71 bits per heavy atom. The van der Waals surface area contributed by atoms with E-state index in [1.165, 1.54) is 11.6 Å². The summed E-state index contributed by atoms with van der Waals surface area (Å²) >= 11 is 0. The number of sulfone groups is 1. The van der Waals surface area contributed by atoms with Crippen molar-refractivity contribution in [2.45, 2.75) is 24.2 Å². The first-order valence-electron chi connectivity index (χ1n) is 6.81. The van der Waals surface area contributed by atoms with Gasteiger partial charge in [0.25, 0.3) is 0 Å². The van der Waals surface area contributed by atoms with Crippen LogP contribution in [0.2, 0.25) is 0 Å². The zero-order valence-electron chi connectivity index (χ0n) is 11.6. The van der Waals surface area contributed by atoms with Crippen LogP contribution in [0.3, 0.4) is 0 Å². The molecule has 0 atom stereocenters. The van der Waals surface area contributed by atoms with Gasteiger partial charge in [-0.05, 0) is 43.0 Å². The van der Waals surface area contributed by atoms with Crippen molar-refractivity contribution in [2.24, 2.45) is 0 Å². The Balaban J connectivity index is 1.94. The fraction of sp³-hybridized carbons (Fsp3) is 0.250. The van der Waals surface area contributed by atoms with Crippen LogP contribution in [0.25, 0.3) is 0 Å². The molecule has 0 unspecified atom stereocenters. The normalized spacial score (nSPS) is 11.5. The summed E-state index contributed by atoms with van der Waals surface area (Å²) in [7, 11) is -3.53. The highest BCUT2D eigenvalue weighted by molar-refractivity contribution is 7.91. The number of unbranched alkanes of at least 4 members (excludes halogenated alkanes) is 1. The minimum absolute atomic E-state index is 0.0204. The van der Waals surface area contributed by atoms with Gasteiger partial charge in [-0.15, -0.1) is 0 Å². The highest BCUT2D eigenvalue weighted by atomic mass is 32.2. The van der Waals surface area contributed by atoms with Crippen LogP contribution >= 0.6 is 0 Å². The largest absolute Gasteiger partial charge is 0.398 e. The molecule has 2 N–H and O–H groups in total.